The lowest BCUT2D eigenvalue weighted by Crippen LogP contribution is -2.43. The van der Waals surface area contributed by atoms with Crippen LogP contribution in [0.4, 0.5) is 0 Å². The molecule has 0 saturated carbocycles. The van der Waals surface area contributed by atoms with E-state index in [0.29, 0.717) is 6.61 Å². The van der Waals surface area contributed by atoms with Gasteiger partial charge in [0, 0.05) is 0 Å². The Morgan fingerprint density at radius 1 is 1.86 bits per heavy atom. The molecule has 0 bridgehead atoms. The molecule has 0 aromatic carbocycles. The molecule has 3 N–H and O–H groups in total. The zero-order valence-corrected chi connectivity index (χ0v) is 7.88. The average Bonchev–Trinajstić information content (AvgIpc) is 2.18. The summed E-state index contributed by atoms with van der Waals surface area (Å²) in [7, 11) is 0. The molecule has 1 rings (SSSR count). The van der Waals surface area contributed by atoms with Crippen LogP contribution >= 0.6 is 0 Å². The molecular formula is C8H13N3O3. The van der Waals surface area contributed by atoms with E-state index in [0.717, 1.165) is 0 Å². The second-order valence-corrected chi connectivity index (χ2v) is 2.69. The van der Waals surface area contributed by atoms with Crippen LogP contribution in [0.2, 0.25) is 0 Å². The fourth-order valence-electron chi connectivity index (χ4n) is 1.07. The van der Waals surface area contributed by atoms with Crippen LogP contribution in [0.3, 0.4) is 0 Å². The number of hydrogen-bond acceptors (Lipinski definition) is 6. The van der Waals surface area contributed by atoms with Crippen molar-refractivity contribution in [3.05, 3.63) is 11.9 Å². The molecular weight excluding hydrogens is 186 g/mol. The Bertz CT molecular complexity index is 275. The lowest BCUT2D eigenvalue weighted by atomic mass is 10.2. The Kier molecular flexibility index (Phi) is 3.47. The van der Waals surface area contributed by atoms with E-state index in [4.69, 9.17) is 15.6 Å². The van der Waals surface area contributed by atoms with Gasteiger partial charge in [0.2, 0.25) is 0 Å². The first-order valence-corrected chi connectivity index (χ1v) is 4.23. The maximum atomic E-state index is 11.4. The quantitative estimate of drug-likeness (QED) is 0.570. The first-order valence-electron chi connectivity index (χ1n) is 4.23. The van der Waals surface area contributed by atoms with Crippen LogP contribution in [0.5, 0.6) is 0 Å². The second-order valence-electron chi connectivity index (χ2n) is 2.69. The highest BCUT2D eigenvalue weighted by Crippen LogP contribution is 2.08. The van der Waals surface area contributed by atoms with Crippen molar-refractivity contribution in [1.82, 2.24) is 4.90 Å². The normalized spacial score (nSPS) is 20.6. The minimum atomic E-state index is -0.683. The number of nitrogens with two attached hydrogens (primary N) is 1. The predicted octanol–water partition coefficient (Wildman–Crippen LogP) is -0.988. The molecule has 0 aromatic heterocycles. The molecule has 14 heavy (non-hydrogen) atoms. The van der Waals surface area contributed by atoms with Crippen LogP contribution in [0.25, 0.3) is 0 Å². The lowest BCUT2D eigenvalue weighted by Gasteiger charge is -2.26. The Hall–Kier alpha value is -1.56. The van der Waals surface area contributed by atoms with Gasteiger partial charge in [0.05, 0.1) is 12.9 Å². The van der Waals surface area contributed by atoms with Crippen LogP contribution in [0.1, 0.15) is 6.92 Å². The van der Waals surface area contributed by atoms with Gasteiger partial charge < -0.3 is 20.5 Å². The number of aliphatic hydroxyl groups excluding tert-OH is 1. The summed E-state index contributed by atoms with van der Waals surface area (Å²) in [5.41, 5.74) is 5.42. The summed E-state index contributed by atoms with van der Waals surface area (Å²) in [6, 6.07) is -0.683. The van der Waals surface area contributed by atoms with E-state index < -0.39 is 12.0 Å². The fourth-order valence-corrected chi connectivity index (χ4v) is 1.07. The summed E-state index contributed by atoms with van der Waals surface area (Å²) >= 11 is 0. The maximum absolute atomic E-state index is 11.4. The molecule has 78 valence electrons. The highest BCUT2D eigenvalue weighted by Gasteiger charge is 2.25. The van der Waals surface area contributed by atoms with Gasteiger partial charge in [0.15, 0.2) is 6.04 Å². The largest absolute Gasteiger partial charge is 0.464 e. The third-order valence-corrected chi connectivity index (χ3v) is 1.73. The van der Waals surface area contributed by atoms with Gasteiger partial charge in [-0.15, -0.1) is 0 Å². The zero-order valence-electron chi connectivity index (χ0n) is 7.88. The molecule has 0 spiro atoms. The van der Waals surface area contributed by atoms with Crippen LogP contribution in [0.15, 0.2) is 16.9 Å². The minimum absolute atomic E-state index is 0.243. The van der Waals surface area contributed by atoms with Crippen molar-refractivity contribution >= 4 is 12.3 Å². The van der Waals surface area contributed by atoms with Gasteiger partial charge in [-0.2, -0.15) is 0 Å². The topological polar surface area (TPSA) is 88.2 Å². The van der Waals surface area contributed by atoms with E-state index in [-0.39, 0.29) is 12.6 Å². The van der Waals surface area contributed by atoms with E-state index in [9.17, 15) is 4.79 Å². The Balaban J connectivity index is 2.73. The Labute approximate surface area is 81.7 Å². The van der Waals surface area contributed by atoms with Crippen molar-refractivity contribution in [2.24, 2.45) is 10.7 Å². The summed E-state index contributed by atoms with van der Waals surface area (Å²) in [6.07, 6.45) is 2.76. The van der Waals surface area contributed by atoms with Crippen molar-refractivity contribution in [3.8, 4) is 0 Å². The molecule has 1 heterocycles. The zero-order chi connectivity index (χ0) is 10.6. The third-order valence-electron chi connectivity index (χ3n) is 1.73. The Morgan fingerprint density at radius 2 is 2.57 bits per heavy atom. The SMILES string of the molecule is CCOC(=O)C1C=C(N)N=CN1CO. The highest BCUT2D eigenvalue weighted by molar-refractivity contribution is 5.82. The first kappa shape index (κ1) is 10.5. The standard InChI is InChI=1S/C8H13N3O3/c1-2-14-8(13)6-3-7(9)10-4-11(6)5-12/h3-4,6,12H,2,5,9H2,1H3. The molecule has 1 unspecified atom stereocenters. The molecule has 1 aliphatic rings. The maximum Gasteiger partial charge on any atom is 0.333 e. The van der Waals surface area contributed by atoms with Gasteiger partial charge in [-0.3, -0.25) is 0 Å². The Morgan fingerprint density at radius 3 is 3.14 bits per heavy atom. The number of hydrogen-bond donors (Lipinski definition) is 2. The van der Waals surface area contributed by atoms with Gasteiger partial charge in [-0.05, 0) is 13.0 Å². The van der Waals surface area contributed by atoms with Crippen LogP contribution in [0, 0.1) is 0 Å². The molecule has 0 fully saturated rings. The number of carbonyl (C=O) groups is 1. The van der Waals surface area contributed by atoms with E-state index in [1.807, 2.05) is 0 Å². The first-order chi connectivity index (χ1) is 6.69. The van der Waals surface area contributed by atoms with Crippen molar-refractivity contribution < 1.29 is 14.6 Å². The summed E-state index contributed by atoms with van der Waals surface area (Å²) in [5.74, 6) is -0.205. The number of nitrogens with zero attached hydrogens (tertiary/aromatic N) is 2. The van der Waals surface area contributed by atoms with Crippen molar-refractivity contribution in [3.63, 3.8) is 0 Å². The predicted molar refractivity (Wildman–Crippen MR) is 50.1 cm³/mol. The average molecular weight is 199 g/mol. The van der Waals surface area contributed by atoms with E-state index in [2.05, 4.69) is 4.99 Å². The van der Waals surface area contributed by atoms with Gasteiger partial charge in [0.1, 0.15) is 12.6 Å². The molecule has 0 radical (unpaired) electrons. The van der Waals surface area contributed by atoms with Gasteiger partial charge in [0.25, 0.3) is 0 Å². The third kappa shape index (κ3) is 2.23. The molecule has 1 aliphatic heterocycles. The monoisotopic (exact) mass is 199 g/mol. The second kappa shape index (κ2) is 4.61. The summed E-state index contributed by atoms with van der Waals surface area (Å²) in [5, 5.41) is 8.92. The molecule has 6 nitrogen and oxygen atoms in total. The lowest BCUT2D eigenvalue weighted by molar-refractivity contribution is -0.147. The van der Waals surface area contributed by atoms with Gasteiger partial charge >= 0.3 is 5.97 Å². The van der Waals surface area contributed by atoms with Gasteiger partial charge in [-0.1, -0.05) is 0 Å². The number of ether oxygens (including phenoxy) is 1. The molecule has 0 amide bonds. The molecule has 0 aliphatic carbocycles. The fraction of sp³-hybridized carbons (Fsp3) is 0.500. The van der Waals surface area contributed by atoms with Crippen LogP contribution in [-0.2, 0) is 9.53 Å². The van der Waals surface area contributed by atoms with E-state index >= 15 is 0 Å². The molecule has 1 atom stereocenters. The summed E-state index contributed by atoms with van der Waals surface area (Å²) < 4.78 is 4.81. The minimum Gasteiger partial charge on any atom is -0.464 e. The van der Waals surface area contributed by atoms with E-state index in [1.165, 1.54) is 17.3 Å². The van der Waals surface area contributed by atoms with Crippen LogP contribution in [-0.4, -0.2) is 41.7 Å². The van der Waals surface area contributed by atoms with Gasteiger partial charge in [-0.25, -0.2) is 9.79 Å². The number of carbonyl (C=O) groups excluding carboxylic acids is 1. The molecule has 0 saturated heterocycles. The number of rotatable bonds is 3. The van der Waals surface area contributed by atoms with Crippen molar-refractivity contribution in [2.75, 3.05) is 13.3 Å². The molecule has 6 heteroatoms. The summed E-state index contributed by atoms with van der Waals surface area (Å²) in [6.45, 7) is 1.70. The number of esters is 1. The van der Waals surface area contributed by atoms with E-state index in [1.54, 1.807) is 6.92 Å². The summed E-state index contributed by atoms with van der Waals surface area (Å²) in [4.78, 5) is 16.5. The molecule has 0 aromatic rings. The van der Waals surface area contributed by atoms with Crippen molar-refractivity contribution in [2.45, 2.75) is 13.0 Å². The highest BCUT2D eigenvalue weighted by atomic mass is 16.5. The number of aliphatic imine (C=N–C) groups is 1. The smallest absolute Gasteiger partial charge is 0.333 e. The number of aliphatic hydroxyl groups is 1. The van der Waals surface area contributed by atoms with Crippen LogP contribution < -0.4 is 5.73 Å². The van der Waals surface area contributed by atoms with Crippen molar-refractivity contribution in [1.29, 1.82) is 0 Å².